The molecule has 5 heteroatoms. The zero-order chi connectivity index (χ0) is 13.1. The molecule has 0 radical (unpaired) electrons. The quantitative estimate of drug-likeness (QED) is 0.828. The van der Waals surface area contributed by atoms with E-state index in [0.29, 0.717) is 18.7 Å². The average molecular weight is 253 g/mol. The molecule has 2 atom stereocenters. The number of carbonyl (C=O) groups excluding carboxylic acids is 1. The first kappa shape index (κ1) is 12.8. The third kappa shape index (κ3) is 2.79. The summed E-state index contributed by atoms with van der Waals surface area (Å²) in [6, 6.07) is 4.08. The molecule has 1 aliphatic rings. The van der Waals surface area contributed by atoms with Crippen molar-refractivity contribution >= 4 is 5.97 Å². The number of rotatable bonds is 3. The number of carbonyl (C=O) groups is 1. The number of methoxy groups -OCH3 is 1. The number of ether oxygens (including phenoxy) is 2. The first-order valence-corrected chi connectivity index (χ1v) is 5.84. The molecule has 1 N–H and O–H groups in total. The van der Waals surface area contributed by atoms with Gasteiger partial charge in [-0.1, -0.05) is 0 Å². The molecular weight excluding hydrogens is 237 g/mol. The Labute approximate surface area is 105 Å². The van der Waals surface area contributed by atoms with Crippen LogP contribution in [-0.4, -0.2) is 31.8 Å². The van der Waals surface area contributed by atoms with E-state index in [1.54, 1.807) is 13.0 Å². The molecule has 2 rings (SSSR count). The molecule has 4 nitrogen and oxygen atoms in total. The van der Waals surface area contributed by atoms with Crippen LogP contribution in [0.5, 0.6) is 5.75 Å². The lowest BCUT2D eigenvalue weighted by Crippen LogP contribution is -2.31. The van der Waals surface area contributed by atoms with E-state index in [2.05, 4.69) is 10.1 Å². The van der Waals surface area contributed by atoms with Gasteiger partial charge < -0.3 is 14.8 Å². The molecule has 1 aliphatic heterocycles. The van der Waals surface area contributed by atoms with Crippen molar-refractivity contribution < 1.29 is 18.7 Å². The Balaban J connectivity index is 1.97. The highest BCUT2D eigenvalue weighted by molar-refractivity contribution is 5.76. The van der Waals surface area contributed by atoms with Crippen LogP contribution in [0, 0.1) is 12.7 Å². The van der Waals surface area contributed by atoms with E-state index in [1.165, 1.54) is 19.2 Å². The number of hydrogen-bond donors (Lipinski definition) is 1. The van der Waals surface area contributed by atoms with Gasteiger partial charge in [0.15, 0.2) is 0 Å². The smallest absolute Gasteiger partial charge is 0.323 e. The minimum atomic E-state index is -0.319. The Bertz CT molecular complexity index is 450. The van der Waals surface area contributed by atoms with Crippen LogP contribution in [0.1, 0.15) is 12.0 Å². The van der Waals surface area contributed by atoms with E-state index in [4.69, 9.17) is 4.74 Å². The molecule has 98 valence electrons. The molecule has 1 aromatic rings. The second kappa shape index (κ2) is 5.35. The number of benzene rings is 1. The second-order valence-corrected chi connectivity index (χ2v) is 4.37. The van der Waals surface area contributed by atoms with Gasteiger partial charge >= 0.3 is 5.97 Å². The second-order valence-electron chi connectivity index (χ2n) is 4.37. The standard InChI is InChI=1S/C13H16FNO3/c1-8-5-9(14)3-4-12(8)18-10-6-11(15-7-10)13(16)17-2/h3-5,10-11,15H,6-7H2,1-2H3/t10-,11+/m1/s1. The highest BCUT2D eigenvalue weighted by atomic mass is 19.1. The van der Waals surface area contributed by atoms with Crippen molar-refractivity contribution in [1.29, 1.82) is 0 Å². The van der Waals surface area contributed by atoms with Gasteiger partial charge in [0.25, 0.3) is 0 Å². The zero-order valence-corrected chi connectivity index (χ0v) is 10.4. The van der Waals surface area contributed by atoms with Crippen LogP contribution < -0.4 is 10.1 Å². The van der Waals surface area contributed by atoms with Gasteiger partial charge in [-0.2, -0.15) is 0 Å². The summed E-state index contributed by atoms with van der Waals surface area (Å²) in [6.45, 7) is 2.37. The number of nitrogens with one attached hydrogen (secondary N) is 1. The Hall–Kier alpha value is -1.62. The van der Waals surface area contributed by atoms with Crippen molar-refractivity contribution in [1.82, 2.24) is 5.32 Å². The molecule has 1 heterocycles. The Morgan fingerprint density at radius 3 is 2.94 bits per heavy atom. The van der Waals surface area contributed by atoms with E-state index >= 15 is 0 Å². The van der Waals surface area contributed by atoms with Crippen LogP contribution in [0.2, 0.25) is 0 Å². The fourth-order valence-corrected chi connectivity index (χ4v) is 2.04. The highest BCUT2D eigenvalue weighted by Crippen LogP contribution is 2.22. The monoisotopic (exact) mass is 253 g/mol. The van der Waals surface area contributed by atoms with Gasteiger partial charge in [0.1, 0.15) is 23.7 Å². The van der Waals surface area contributed by atoms with E-state index in [9.17, 15) is 9.18 Å². The lowest BCUT2D eigenvalue weighted by atomic mass is 10.2. The number of hydrogen-bond acceptors (Lipinski definition) is 4. The average Bonchev–Trinajstić information content (AvgIpc) is 2.80. The van der Waals surface area contributed by atoms with Gasteiger partial charge in [0.2, 0.25) is 0 Å². The van der Waals surface area contributed by atoms with Gasteiger partial charge in [0, 0.05) is 13.0 Å². The maximum Gasteiger partial charge on any atom is 0.323 e. The highest BCUT2D eigenvalue weighted by Gasteiger charge is 2.31. The number of halogens is 1. The van der Waals surface area contributed by atoms with E-state index in [1.807, 2.05) is 0 Å². The van der Waals surface area contributed by atoms with Gasteiger partial charge in [-0.3, -0.25) is 4.79 Å². The molecule has 1 aromatic carbocycles. The summed E-state index contributed by atoms with van der Waals surface area (Å²) < 4.78 is 23.4. The molecule has 0 aliphatic carbocycles. The maximum absolute atomic E-state index is 12.9. The minimum absolute atomic E-state index is 0.0988. The molecule has 1 fully saturated rings. The van der Waals surface area contributed by atoms with Crippen molar-refractivity contribution in [3.63, 3.8) is 0 Å². The molecule has 18 heavy (non-hydrogen) atoms. The van der Waals surface area contributed by atoms with Crippen LogP contribution in [0.3, 0.4) is 0 Å². The molecule has 1 saturated heterocycles. The Morgan fingerprint density at radius 2 is 2.28 bits per heavy atom. The van der Waals surface area contributed by atoms with Crippen molar-refractivity contribution in [3.05, 3.63) is 29.6 Å². The normalized spacial score (nSPS) is 22.8. The summed E-state index contributed by atoms with van der Waals surface area (Å²) in [6.07, 6.45) is 0.460. The first-order chi connectivity index (χ1) is 8.60. The van der Waals surface area contributed by atoms with Crippen LogP contribution in [0.15, 0.2) is 18.2 Å². The molecule has 0 unspecified atom stereocenters. The SMILES string of the molecule is COC(=O)[C@@H]1C[C@@H](Oc2ccc(F)cc2C)CN1. The van der Waals surface area contributed by atoms with Crippen LogP contribution in [0.25, 0.3) is 0 Å². The van der Waals surface area contributed by atoms with Crippen LogP contribution in [-0.2, 0) is 9.53 Å². The summed E-state index contributed by atoms with van der Waals surface area (Å²) >= 11 is 0. The van der Waals surface area contributed by atoms with Gasteiger partial charge in [-0.15, -0.1) is 0 Å². The summed E-state index contributed by atoms with van der Waals surface area (Å²) in [5.74, 6) is 0.0856. The van der Waals surface area contributed by atoms with Crippen molar-refractivity contribution in [2.24, 2.45) is 0 Å². The Morgan fingerprint density at radius 1 is 1.50 bits per heavy atom. The van der Waals surface area contributed by atoms with Crippen LogP contribution >= 0.6 is 0 Å². The summed E-state index contributed by atoms with van der Waals surface area (Å²) in [5, 5.41) is 3.03. The molecule has 0 spiro atoms. The largest absolute Gasteiger partial charge is 0.489 e. The molecule has 0 aromatic heterocycles. The van der Waals surface area contributed by atoms with Gasteiger partial charge in [-0.25, -0.2) is 4.39 Å². The predicted molar refractivity (Wildman–Crippen MR) is 64.0 cm³/mol. The fourth-order valence-electron chi connectivity index (χ4n) is 2.04. The third-order valence-corrected chi connectivity index (χ3v) is 3.01. The molecular formula is C13H16FNO3. The first-order valence-electron chi connectivity index (χ1n) is 5.84. The molecule has 0 bridgehead atoms. The lowest BCUT2D eigenvalue weighted by Gasteiger charge is -2.14. The molecule has 0 amide bonds. The lowest BCUT2D eigenvalue weighted by molar-refractivity contribution is -0.142. The van der Waals surface area contributed by atoms with Crippen LogP contribution in [0.4, 0.5) is 4.39 Å². The number of esters is 1. The fraction of sp³-hybridized carbons (Fsp3) is 0.462. The topological polar surface area (TPSA) is 47.6 Å². The van der Waals surface area contributed by atoms with E-state index < -0.39 is 0 Å². The minimum Gasteiger partial charge on any atom is -0.489 e. The summed E-state index contributed by atoms with van der Waals surface area (Å²) in [5.41, 5.74) is 0.747. The third-order valence-electron chi connectivity index (χ3n) is 3.01. The zero-order valence-electron chi connectivity index (χ0n) is 10.4. The van der Waals surface area contributed by atoms with Gasteiger partial charge in [-0.05, 0) is 30.7 Å². The maximum atomic E-state index is 12.9. The Kier molecular flexibility index (Phi) is 3.81. The van der Waals surface area contributed by atoms with Crippen molar-refractivity contribution in [2.45, 2.75) is 25.5 Å². The predicted octanol–water partition coefficient (Wildman–Crippen LogP) is 1.42. The van der Waals surface area contributed by atoms with Crippen molar-refractivity contribution in [3.8, 4) is 5.75 Å². The van der Waals surface area contributed by atoms with Gasteiger partial charge in [0.05, 0.1) is 7.11 Å². The summed E-state index contributed by atoms with van der Waals surface area (Å²) in [7, 11) is 1.36. The van der Waals surface area contributed by atoms with E-state index in [0.717, 1.165) is 5.56 Å². The number of aryl methyl sites for hydroxylation is 1. The molecule has 0 saturated carbocycles. The summed E-state index contributed by atoms with van der Waals surface area (Å²) in [4.78, 5) is 11.3. The van der Waals surface area contributed by atoms with Crippen molar-refractivity contribution in [2.75, 3.05) is 13.7 Å². The van der Waals surface area contributed by atoms with E-state index in [-0.39, 0.29) is 23.9 Å².